The SMILES string of the molecule is COCC(CO)NC(=O)c1ccncc1F. The number of pyridine rings is 1. The van der Waals surface area contributed by atoms with Gasteiger partial charge in [0.25, 0.3) is 5.91 Å². The van der Waals surface area contributed by atoms with E-state index in [0.717, 1.165) is 6.20 Å². The van der Waals surface area contributed by atoms with Gasteiger partial charge >= 0.3 is 0 Å². The molecule has 0 fully saturated rings. The van der Waals surface area contributed by atoms with Gasteiger partial charge in [0.05, 0.1) is 31.0 Å². The largest absolute Gasteiger partial charge is 0.394 e. The van der Waals surface area contributed by atoms with Gasteiger partial charge in [-0.1, -0.05) is 0 Å². The molecular weight excluding hydrogens is 215 g/mol. The van der Waals surface area contributed by atoms with E-state index >= 15 is 0 Å². The predicted molar refractivity (Wildman–Crippen MR) is 54.4 cm³/mol. The molecule has 1 aromatic heterocycles. The summed E-state index contributed by atoms with van der Waals surface area (Å²) in [5, 5.41) is 11.4. The molecule has 1 rings (SSSR count). The molecule has 0 bridgehead atoms. The van der Waals surface area contributed by atoms with Crippen molar-refractivity contribution >= 4 is 5.91 Å². The van der Waals surface area contributed by atoms with E-state index in [1.807, 2.05) is 0 Å². The Morgan fingerprint density at radius 2 is 2.50 bits per heavy atom. The monoisotopic (exact) mass is 228 g/mol. The zero-order valence-corrected chi connectivity index (χ0v) is 8.81. The smallest absolute Gasteiger partial charge is 0.254 e. The summed E-state index contributed by atoms with van der Waals surface area (Å²) in [5.41, 5.74) is -0.107. The molecule has 0 saturated carbocycles. The van der Waals surface area contributed by atoms with E-state index in [9.17, 15) is 9.18 Å². The molecule has 0 aliphatic rings. The minimum Gasteiger partial charge on any atom is -0.394 e. The predicted octanol–water partition coefficient (Wildman–Crippen LogP) is -0.0422. The Morgan fingerprint density at radius 1 is 1.75 bits per heavy atom. The normalized spacial score (nSPS) is 12.2. The fourth-order valence-electron chi connectivity index (χ4n) is 1.16. The third-order valence-electron chi connectivity index (χ3n) is 1.94. The second-order valence-electron chi connectivity index (χ2n) is 3.16. The fourth-order valence-corrected chi connectivity index (χ4v) is 1.16. The molecule has 88 valence electrons. The molecule has 2 N–H and O–H groups in total. The molecule has 1 amide bonds. The van der Waals surface area contributed by atoms with Gasteiger partial charge < -0.3 is 15.2 Å². The summed E-state index contributed by atoms with van der Waals surface area (Å²) in [4.78, 5) is 15.1. The maximum Gasteiger partial charge on any atom is 0.254 e. The van der Waals surface area contributed by atoms with Crippen LogP contribution in [0.4, 0.5) is 4.39 Å². The van der Waals surface area contributed by atoms with E-state index in [0.29, 0.717) is 0 Å². The summed E-state index contributed by atoms with van der Waals surface area (Å²) in [5.74, 6) is -1.30. The van der Waals surface area contributed by atoms with Crippen LogP contribution >= 0.6 is 0 Å². The molecule has 0 saturated heterocycles. The van der Waals surface area contributed by atoms with Gasteiger partial charge in [-0.05, 0) is 6.07 Å². The number of carbonyl (C=O) groups is 1. The Hall–Kier alpha value is -1.53. The Kier molecular flexibility index (Phi) is 4.81. The highest BCUT2D eigenvalue weighted by Crippen LogP contribution is 2.04. The summed E-state index contributed by atoms with van der Waals surface area (Å²) in [6.45, 7) is -0.110. The lowest BCUT2D eigenvalue weighted by atomic mass is 10.2. The van der Waals surface area contributed by atoms with Crippen molar-refractivity contribution in [2.75, 3.05) is 20.3 Å². The van der Waals surface area contributed by atoms with Gasteiger partial charge in [0.2, 0.25) is 0 Å². The van der Waals surface area contributed by atoms with Gasteiger partial charge in [-0.3, -0.25) is 9.78 Å². The first-order valence-electron chi connectivity index (χ1n) is 4.69. The van der Waals surface area contributed by atoms with Gasteiger partial charge in [0.15, 0.2) is 5.82 Å². The van der Waals surface area contributed by atoms with Gasteiger partial charge in [0, 0.05) is 13.3 Å². The average molecular weight is 228 g/mol. The first kappa shape index (κ1) is 12.5. The molecule has 6 heteroatoms. The van der Waals surface area contributed by atoms with Crippen LogP contribution in [0.2, 0.25) is 0 Å². The lowest BCUT2D eigenvalue weighted by Crippen LogP contribution is -2.40. The van der Waals surface area contributed by atoms with Gasteiger partial charge in [-0.15, -0.1) is 0 Å². The summed E-state index contributed by atoms with van der Waals surface area (Å²) in [7, 11) is 1.45. The molecule has 0 aromatic carbocycles. The molecule has 0 radical (unpaired) electrons. The number of nitrogens with one attached hydrogen (secondary N) is 1. The van der Waals surface area contributed by atoms with E-state index in [4.69, 9.17) is 9.84 Å². The van der Waals surface area contributed by atoms with Gasteiger partial charge in [-0.2, -0.15) is 0 Å². The third kappa shape index (κ3) is 3.25. The van der Waals surface area contributed by atoms with Crippen molar-refractivity contribution in [1.82, 2.24) is 10.3 Å². The molecule has 0 aliphatic carbocycles. The topological polar surface area (TPSA) is 71.5 Å². The molecule has 0 aliphatic heterocycles. The summed E-state index contributed by atoms with van der Waals surface area (Å²) >= 11 is 0. The Labute approximate surface area is 92.3 Å². The van der Waals surface area contributed by atoms with Crippen LogP contribution in [-0.2, 0) is 4.74 Å². The molecule has 0 spiro atoms. The van der Waals surface area contributed by atoms with Crippen molar-refractivity contribution in [2.45, 2.75) is 6.04 Å². The van der Waals surface area contributed by atoms with Crippen LogP contribution in [0.25, 0.3) is 0 Å². The quantitative estimate of drug-likeness (QED) is 0.741. The Bertz CT molecular complexity index is 360. The van der Waals surface area contributed by atoms with Crippen molar-refractivity contribution in [3.8, 4) is 0 Å². The second-order valence-corrected chi connectivity index (χ2v) is 3.16. The van der Waals surface area contributed by atoms with Crippen LogP contribution in [0, 0.1) is 5.82 Å². The number of ether oxygens (including phenoxy) is 1. The number of hydrogen-bond acceptors (Lipinski definition) is 4. The number of amides is 1. The summed E-state index contributed by atoms with van der Waals surface area (Å²) in [6.07, 6.45) is 2.28. The minimum absolute atomic E-state index is 0.107. The maximum absolute atomic E-state index is 13.2. The maximum atomic E-state index is 13.2. The highest BCUT2D eigenvalue weighted by Gasteiger charge is 2.15. The lowest BCUT2D eigenvalue weighted by molar-refractivity contribution is 0.0836. The highest BCUT2D eigenvalue weighted by molar-refractivity contribution is 5.94. The average Bonchev–Trinajstić information content (AvgIpc) is 2.28. The lowest BCUT2D eigenvalue weighted by Gasteiger charge is -2.15. The number of methoxy groups -OCH3 is 1. The summed E-state index contributed by atoms with van der Waals surface area (Å²) < 4.78 is 17.9. The standard InChI is InChI=1S/C10H13FN2O3/c1-16-6-7(5-14)13-10(15)8-2-3-12-4-9(8)11/h2-4,7,14H,5-6H2,1H3,(H,13,15). The number of rotatable bonds is 5. The van der Waals surface area contributed by atoms with Crippen LogP contribution < -0.4 is 5.32 Å². The summed E-state index contributed by atoms with van der Waals surface area (Å²) in [6, 6.07) is 0.719. The fraction of sp³-hybridized carbons (Fsp3) is 0.400. The van der Waals surface area contributed by atoms with Crippen LogP contribution in [0.3, 0.4) is 0 Å². The molecule has 1 aromatic rings. The van der Waals surface area contributed by atoms with E-state index in [1.54, 1.807) is 0 Å². The number of hydrogen-bond donors (Lipinski definition) is 2. The zero-order valence-electron chi connectivity index (χ0n) is 8.81. The zero-order chi connectivity index (χ0) is 12.0. The first-order valence-corrected chi connectivity index (χ1v) is 4.69. The minimum atomic E-state index is -0.700. The number of halogens is 1. The molecule has 1 heterocycles. The number of nitrogens with zero attached hydrogens (tertiary/aromatic N) is 1. The van der Waals surface area contributed by atoms with Crippen LogP contribution in [0.1, 0.15) is 10.4 Å². The van der Waals surface area contributed by atoms with E-state index < -0.39 is 17.8 Å². The van der Waals surface area contributed by atoms with E-state index in [1.165, 1.54) is 19.4 Å². The first-order chi connectivity index (χ1) is 7.69. The Balaban J connectivity index is 2.68. The van der Waals surface area contributed by atoms with Crippen molar-refractivity contribution in [2.24, 2.45) is 0 Å². The van der Waals surface area contributed by atoms with Crippen LogP contribution in [0.5, 0.6) is 0 Å². The van der Waals surface area contributed by atoms with Crippen molar-refractivity contribution in [3.05, 3.63) is 29.8 Å². The van der Waals surface area contributed by atoms with Crippen molar-refractivity contribution in [3.63, 3.8) is 0 Å². The number of carbonyl (C=O) groups excluding carboxylic acids is 1. The molecule has 1 atom stereocenters. The highest BCUT2D eigenvalue weighted by atomic mass is 19.1. The third-order valence-corrected chi connectivity index (χ3v) is 1.94. The van der Waals surface area contributed by atoms with Crippen molar-refractivity contribution < 1.29 is 19.0 Å². The second kappa shape index (κ2) is 6.14. The number of aromatic nitrogens is 1. The van der Waals surface area contributed by atoms with Gasteiger partial charge in [-0.25, -0.2) is 4.39 Å². The molecule has 16 heavy (non-hydrogen) atoms. The molecule has 1 unspecified atom stereocenters. The van der Waals surface area contributed by atoms with E-state index in [2.05, 4.69) is 10.3 Å². The molecular formula is C10H13FN2O3. The van der Waals surface area contributed by atoms with Crippen LogP contribution in [0.15, 0.2) is 18.5 Å². The molecule has 5 nitrogen and oxygen atoms in total. The Morgan fingerprint density at radius 3 is 3.06 bits per heavy atom. The van der Waals surface area contributed by atoms with Crippen molar-refractivity contribution in [1.29, 1.82) is 0 Å². The van der Waals surface area contributed by atoms with Gasteiger partial charge in [0.1, 0.15) is 0 Å². The number of aliphatic hydroxyl groups excluding tert-OH is 1. The number of aliphatic hydroxyl groups is 1. The van der Waals surface area contributed by atoms with Crippen LogP contribution in [-0.4, -0.2) is 42.4 Å². The van der Waals surface area contributed by atoms with E-state index in [-0.39, 0.29) is 18.8 Å².